The van der Waals surface area contributed by atoms with Crippen LogP contribution in [-0.2, 0) is 19.4 Å². The van der Waals surface area contributed by atoms with Gasteiger partial charge in [-0.1, -0.05) is 19.4 Å². The number of aryl methyl sites for hydroxylation is 2. The number of fused-ring (bicyclic) bond motifs is 2. The molecular weight excluding hydrogens is 523 g/mol. The Hall–Kier alpha value is -3.33. The molecule has 5 heterocycles. The molecule has 1 aliphatic rings. The minimum absolute atomic E-state index is 0.0490. The zero-order valence-electron chi connectivity index (χ0n) is 20.0. The van der Waals surface area contributed by atoms with E-state index in [-0.39, 0.29) is 18.0 Å². The van der Waals surface area contributed by atoms with E-state index < -0.39 is 0 Å². The Bertz CT molecular complexity index is 1590. The van der Waals surface area contributed by atoms with Crippen LogP contribution in [0.3, 0.4) is 0 Å². The molecule has 0 spiro atoms. The Morgan fingerprint density at radius 3 is 2.86 bits per heavy atom. The third kappa shape index (κ3) is 4.36. The van der Waals surface area contributed by atoms with Crippen molar-refractivity contribution in [3.05, 3.63) is 87.8 Å². The molecule has 0 saturated heterocycles. The van der Waals surface area contributed by atoms with Gasteiger partial charge in [0, 0.05) is 31.2 Å². The summed E-state index contributed by atoms with van der Waals surface area (Å²) >= 11 is 3.22. The van der Waals surface area contributed by atoms with Crippen molar-refractivity contribution in [1.82, 2.24) is 28.5 Å². The number of aromatic nitrogens is 6. The van der Waals surface area contributed by atoms with Crippen LogP contribution in [-0.4, -0.2) is 34.3 Å². The first kappa shape index (κ1) is 23.1. The van der Waals surface area contributed by atoms with E-state index in [1.165, 1.54) is 24.0 Å². The maximum atomic E-state index is 14.5. The molecular formula is C27H26BrFN6O. The fraction of sp³-hybridized carbons (Fsp3) is 0.333. The summed E-state index contributed by atoms with van der Waals surface area (Å²) in [7, 11) is 0. The number of hydrogen-bond acceptors (Lipinski definition) is 4. The molecule has 0 N–H and O–H groups in total. The van der Waals surface area contributed by atoms with Crippen LogP contribution >= 0.6 is 15.9 Å². The number of halogens is 2. The highest BCUT2D eigenvalue weighted by Crippen LogP contribution is 2.40. The molecule has 6 rings (SSSR count). The summed E-state index contributed by atoms with van der Waals surface area (Å²) in [5, 5.41) is 4.40. The van der Waals surface area contributed by atoms with Crippen LogP contribution in [0.25, 0.3) is 11.2 Å². The normalized spacial score (nSPS) is 13.8. The molecule has 5 aromatic rings. The topological polar surface area (TPSA) is 69.5 Å². The fourth-order valence-electron chi connectivity index (χ4n) is 4.82. The predicted molar refractivity (Wildman–Crippen MR) is 138 cm³/mol. The van der Waals surface area contributed by atoms with Crippen LogP contribution in [0.5, 0.6) is 0 Å². The number of carbonyl (C=O) groups excluding carboxylic acids is 1. The zero-order valence-corrected chi connectivity index (χ0v) is 21.6. The van der Waals surface area contributed by atoms with Crippen molar-refractivity contribution in [3.8, 4) is 0 Å². The maximum absolute atomic E-state index is 14.5. The Kier molecular flexibility index (Phi) is 5.95. The molecule has 0 radical (unpaired) electrons. The highest BCUT2D eigenvalue weighted by atomic mass is 79.9. The van der Waals surface area contributed by atoms with E-state index in [0.717, 1.165) is 24.2 Å². The molecule has 0 aliphatic heterocycles. The Balaban J connectivity index is 1.17. The van der Waals surface area contributed by atoms with Crippen LogP contribution in [0, 0.1) is 5.82 Å². The van der Waals surface area contributed by atoms with Gasteiger partial charge in [-0.05, 0) is 64.7 Å². The number of carbonyl (C=O) groups is 1. The number of Topliss-reactive ketones (excluding diaryl/α,β-unsaturated/α-hetero) is 1. The number of pyridine rings is 2. The van der Waals surface area contributed by atoms with Gasteiger partial charge in [-0.25, -0.2) is 14.4 Å². The average Bonchev–Trinajstić information content (AvgIpc) is 3.27. The molecule has 5 aromatic heterocycles. The van der Waals surface area contributed by atoms with Gasteiger partial charge < -0.3 is 8.80 Å². The Morgan fingerprint density at radius 1 is 1.19 bits per heavy atom. The van der Waals surface area contributed by atoms with E-state index in [0.29, 0.717) is 40.1 Å². The van der Waals surface area contributed by atoms with Crippen molar-refractivity contribution in [2.45, 2.75) is 57.9 Å². The van der Waals surface area contributed by atoms with Crippen molar-refractivity contribution < 1.29 is 9.18 Å². The van der Waals surface area contributed by atoms with Crippen molar-refractivity contribution >= 4 is 32.9 Å². The fourth-order valence-corrected chi connectivity index (χ4v) is 5.12. The van der Waals surface area contributed by atoms with Crippen LogP contribution in [0.1, 0.15) is 71.4 Å². The number of hydrogen-bond donors (Lipinski definition) is 0. The lowest BCUT2D eigenvalue weighted by molar-refractivity contribution is 0.0982. The van der Waals surface area contributed by atoms with Gasteiger partial charge in [0.1, 0.15) is 11.2 Å². The maximum Gasteiger partial charge on any atom is 0.166 e. The quantitative estimate of drug-likeness (QED) is 0.219. The minimum atomic E-state index is -0.371. The first-order valence-electron chi connectivity index (χ1n) is 12.4. The summed E-state index contributed by atoms with van der Waals surface area (Å²) in [5.41, 5.74) is 6.10. The zero-order chi connectivity index (χ0) is 24.8. The first-order valence-corrected chi connectivity index (χ1v) is 13.1. The molecule has 36 heavy (non-hydrogen) atoms. The highest BCUT2D eigenvalue weighted by molar-refractivity contribution is 9.10. The summed E-state index contributed by atoms with van der Waals surface area (Å²) in [6, 6.07) is 3.96. The SMILES string of the molecule is CCCc1cc(C2CC2)cn2cc(Cn3cc(C(=O)CCc4ncn5ccc(Br)c(F)c45)cn3)nc12. The molecule has 0 bridgehead atoms. The molecule has 1 aliphatic carbocycles. The molecule has 1 fully saturated rings. The second kappa shape index (κ2) is 9.28. The summed E-state index contributed by atoms with van der Waals surface area (Å²) in [5.74, 6) is 0.268. The molecule has 0 amide bonds. The lowest BCUT2D eigenvalue weighted by atomic mass is 10.1. The lowest BCUT2D eigenvalue weighted by Gasteiger charge is -2.06. The second-order valence-corrected chi connectivity index (χ2v) is 10.4. The summed E-state index contributed by atoms with van der Waals surface area (Å²) in [4.78, 5) is 22.0. The molecule has 9 heteroatoms. The predicted octanol–water partition coefficient (Wildman–Crippen LogP) is 5.77. The van der Waals surface area contributed by atoms with Gasteiger partial charge in [0.25, 0.3) is 0 Å². The Labute approximate surface area is 216 Å². The third-order valence-corrected chi connectivity index (χ3v) is 7.42. The van der Waals surface area contributed by atoms with Crippen LogP contribution in [0.4, 0.5) is 4.39 Å². The Morgan fingerprint density at radius 2 is 2.06 bits per heavy atom. The van der Waals surface area contributed by atoms with Gasteiger partial charge in [0.2, 0.25) is 0 Å². The van der Waals surface area contributed by atoms with E-state index in [9.17, 15) is 9.18 Å². The molecule has 7 nitrogen and oxygen atoms in total. The van der Waals surface area contributed by atoms with Crippen LogP contribution in [0.15, 0.2) is 53.9 Å². The first-order chi connectivity index (χ1) is 17.5. The van der Waals surface area contributed by atoms with Crippen molar-refractivity contribution in [2.75, 3.05) is 0 Å². The smallest absolute Gasteiger partial charge is 0.166 e. The molecule has 1 saturated carbocycles. The van der Waals surface area contributed by atoms with Crippen molar-refractivity contribution in [2.24, 2.45) is 0 Å². The van der Waals surface area contributed by atoms with Gasteiger partial charge in [-0.2, -0.15) is 5.10 Å². The van der Waals surface area contributed by atoms with Crippen LogP contribution in [0.2, 0.25) is 0 Å². The number of rotatable bonds is 9. The second-order valence-electron chi connectivity index (χ2n) is 9.56. The number of ketones is 1. The van der Waals surface area contributed by atoms with Crippen molar-refractivity contribution in [1.29, 1.82) is 0 Å². The molecule has 184 valence electrons. The third-order valence-electron chi connectivity index (χ3n) is 6.80. The largest absolute Gasteiger partial charge is 0.306 e. The van der Waals surface area contributed by atoms with E-state index in [4.69, 9.17) is 4.98 Å². The summed E-state index contributed by atoms with van der Waals surface area (Å²) in [6.45, 7) is 2.68. The minimum Gasteiger partial charge on any atom is -0.306 e. The standard InChI is InChI=1S/C27H26BrFN6O/c1-2-3-18-10-19(17-4-5-17)12-34-14-21(32-27(18)34)15-35-13-20(11-31-35)24(36)7-6-23-26-25(29)22(28)8-9-33(26)16-30-23/h8-14,16-17H,2-7,15H2,1H3. The van der Waals surface area contributed by atoms with Gasteiger partial charge in [0.15, 0.2) is 11.6 Å². The van der Waals surface area contributed by atoms with Gasteiger partial charge in [-0.15, -0.1) is 0 Å². The highest BCUT2D eigenvalue weighted by Gasteiger charge is 2.25. The van der Waals surface area contributed by atoms with E-state index in [1.807, 2.05) is 0 Å². The summed E-state index contributed by atoms with van der Waals surface area (Å²) < 4.78 is 20.5. The number of imidazole rings is 2. The van der Waals surface area contributed by atoms with Crippen molar-refractivity contribution in [3.63, 3.8) is 0 Å². The van der Waals surface area contributed by atoms with E-state index in [2.05, 4.69) is 55.8 Å². The van der Waals surface area contributed by atoms with Gasteiger partial charge in [0.05, 0.1) is 40.5 Å². The lowest BCUT2D eigenvalue weighted by Crippen LogP contribution is -2.03. The van der Waals surface area contributed by atoms with Crippen LogP contribution < -0.4 is 0 Å². The van der Waals surface area contributed by atoms with E-state index >= 15 is 0 Å². The molecule has 0 unspecified atom stereocenters. The van der Waals surface area contributed by atoms with Gasteiger partial charge >= 0.3 is 0 Å². The van der Waals surface area contributed by atoms with Gasteiger partial charge in [-0.3, -0.25) is 9.48 Å². The molecule has 0 atom stereocenters. The average molecular weight is 549 g/mol. The monoisotopic (exact) mass is 548 g/mol. The van der Waals surface area contributed by atoms with E-state index in [1.54, 1.807) is 40.1 Å². The molecule has 0 aromatic carbocycles. The summed E-state index contributed by atoms with van der Waals surface area (Å²) in [6.07, 6.45) is 16.1. The number of nitrogens with zero attached hydrogens (tertiary/aromatic N) is 6.